The minimum absolute atomic E-state index is 0.538. The van der Waals surface area contributed by atoms with Crippen molar-refractivity contribution in [1.82, 2.24) is 14.8 Å². The summed E-state index contributed by atoms with van der Waals surface area (Å²) < 4.78 is 13.7. The molecule has 1 aliphatic heterocycles. The first-order valence-electron chi connectivity index (χ1n) is 5.88. The van der Waals surface area contributed by atoms with Crippen molar-refractivity contribution in [2.45, 2.75) is 18.5 Å². The lowest BCUT2D eigenvalue weighted by atomic mass is 10.1. The van der Waals surface area contributed by atoms with Gasteiger partial charge in [-0.2, -0.15) is 0 Å². The Morgan fingerprint density at radius 1 is 1.33 bits per heavy atom. The van der Waals surface area contributed by atoms with Crippen LogP contribution in [0.3, 0.4) is 0 Å². The quantitative estimate of drug-likeness (QED) is 0.706. The zero-order valence-electron chi connectivity index (χ0n) is 10.0. The molecule has 0 amide bonds. The summed E-state index contributed by atoms with van der Waals surface area (Å²) in [6, 6.07) is 8.19. The van der Waals surface area contributed by atoms with Gasteiger partial charge in [0.2, 0.25) is 5.16 Å². The fraction of sp³-hybridized carbons (Fsp3) is 0.231. The zero-order chi connectivity index (χ0) is 12.5. The molecule has 1 unspecified atom stereocenters. The molecule has 92 valence electrons. The molecule has 2 aromatic rings. The molecule has 0 aliphatic carbocycles. The van der Waals surface area contributed by atoms with Crippen LogP contribution in [0.2, 0.25) is 0 Å². The van der Waals surface area contributed by atoms with Gasteiger partial charge in [0.15, 0.2) is 0 Å². The molecule has 0 bridgehead atoms. The van der Waals surface area contributed by atoms with Crippen LogP contribution in [0.15, 0.2) is 29.4 Å². The molecule has 0 radical (unpaired) electrons. The molecule has 4 nitrogen and oxygen atoms in total. The Hall–Kier alpha value is -1.75. The second kappa shape index (κ2) is 4.49. The van der Waals surface area contributed by atoms with Crippen molar-refractivity contribution in [3.8, 4) is 0 Å². The molecule has 0 fully saturated rings. The number of rotatable bonds is 2. The SMILES string of the molecule is CCS(=O)c1nnc2n1C=Cc1ccccc1C2. The highest BCUT2D eigenvalue weighted by atomic mass is 32.2. The first-order chi connectivity index (χ1) is 8.79. The Morgan fingerprint density at radius 2 is 2.17 bits per heavy atom. The molecule has 2 heterocycles. The van der Waals surface area contributed by atoms with Crippen LogP contribution in [0.4, 0.5) is 0 Å². The van der Waals surface area contributed by atoms with Crippen LogP contribution in [0.5, 0.6) is 0 Å². The largest absolute Gasteiger partial charge is 0.279 e. The summed E-state index contributed by atoms with van der Waals surface area (Å²) in [7, 11) is -1.08. The number of nitrogens with zero attached hydrogens (tertiary/aromatic N) is 3. The number of aromatic nitrogens is 3. The number of hydrogen-bond acceptors (Lipinski definition) is 3. The molecular formula is C13H13N3OS. The topological polar surface area (TPSA) is 47.8 Å². The Bertz CT molecular complexity index is 645. The van der Waals surface area contributed by atoms with Gasteiger partial charge in [0.25, 0.3) is 0 Å². The first-order valence-corrected chi connectivity index (χ1v) is 7.19. The van der Waals surface area contributed by atoms with Crippen LogP contribution >= 0.6 is 0 Å². The van der Waals surface area contributed by atoms with E-state index in [1.54, 1.807) is 0 Å². The van der Waals surface area contributed by atoms with Crippen molar-refractivity contribution in [3.05, 3.63) is 41.2 Å². The van der Waals surface area contributed by atoms with E-state index < -0.39 is 10.8 Å². The summed E-state index contributed by atoms with van der Waals surface area (Å²) in [5, 5.41) is 8.74. The Kier molecular flexibility index (Phi) is 2.83. The van der Waals surface area contributed by atoms with Crippen molar-refractivity contribution >= 4 is 23.1 Å². The van der Waals surface area contributed by atoms with Crippen LogP contribution in [0.1, 0.15) is 23.9 Å². The third-order valence-electron chi connectivity index (χ3n) is 3.01. The summed E-state index contributed by atoms with van der Waals surface area (Å²) in [4.78, 5) is 0. The number of hydrogen-bond donors (Lipinski definition) is 0. The number of fused-ring (bicyclic) bond motifs is 2. The van der Waals surface area contributed by atoms with Crippen molar-refractivity contribution in [1.29, 1.82) is 0 Å². The van der Waals surface area contributed by atoms with Gasteiger partial charge in [-0.1, -0.05) is 31.2 Å². The van der Waals surface area contributed by atoms with Gasteiger partial charge in [0.05, 0.1) is 10.8 Å². The van der Waals surface area contributed by atoms with E-state index in [0.717, 1.165) is 12.2 Å². The minimum Gasteiger partial charge on any atom is -0.279 e. The fourth-order valence-corrected chi connectivity index (χ4v) is 2.82. The van der Waals surface area contributed by atoms with Gasteiger partial charge in [-0.25, -0.2) is 0 Å². The van der Waals surface area contributed by atoms with Crippen molar-refractivity contribution in [3.63, 3.8) is 0 Å². The molecule has 18 heavy (non-hydrogen) atoms. The average Bonchev–Trinajstić information content (AvgIpc) is 2.70. The van der Waals surface area contributed by atoms with Crippen molar-refractivity contribution in [2.75, 3.05) is 5.75 Å². The first kappa shape index (κ1) is 11.3. The lowest BCUT2D eigenvalue weighted by Gasteiger charge is -2.02. The summed E-state index contributed by atoms with van der Waals surface area (Å²) in [6.45, 7) is 1.88. The third kappa shape index (κ3) is 1.80. The monoisotopic (exact) mass is 259 g/mol. The molecule has 0 spiro atoms. The lowest BCUT2D eigenvalue weighted by molar-refractivity contribution is 0.673. The van der Waals surface area contributed by atoms with E-state index in [-0.39, 0.29) is 0 Å². The molecule has 1 aromatic carbocycles. The van der Waals surface area contributed by atoms with Crippen molar-refractivity contribution in [2.24, 2.45) is 0 Å². The highest BCUT2D eigenvalue weighted by Crippen LogP contribution is 2.21. The fourth-order valence-electron chi connectivity index (χ4n) is 2.04. The average molecular weight is 259 g/mol. The van der Waals surface area contributed by atoms with E-state index >= 15 is 0 Å². The second-order valence-corrected chi connectivity index (χ2v) is 5.73. The number of benzene rings is 1. The molecule has 0 N–H and O–H groups in total. The molecule has 0 saturated heterocycles. The van der Waals surface area contributed by atoms with Gasteiger partial charge >= 0.3 is 0 Å². The normalized spacial score (nSPS) is 14.7. The minimum atomic E-state index is -1.08. The zero-order valence-corrected chi connectivity index (χ0v) is 10.9. The second-order valence-electron chi connectivity index (χ2n) is 4.09. The molecule has 1 aliphatic rings. The van der Waals surface area contributed by atoms with Gasteiger partial charge < -0.3 is 0 Å². The van der Waals surface area contributed by atoms with Gasteiger partial charge in [-0.15, -0.1) is 10.2 Å². The van der Waals surface area contributed by atoms with Gasteiger partial charge in [-0.3, -0.25) is 8.78 Å². The van der Waals surface area contributed by atoms with E-state index in [4.69, 9.17) is 0 Å². The van der Waals surface area contributed by atoms with Crippen LogP contribution in [-0.4, -0.2) is 24.7 Å². The van der Waals surface area contributed by atoms with Crippen LogP contribution in [0, 0.1) is 0 Å². The Morgan fingerprint density at radius 3 is 3.00 bits per heavy atom. The lowest BCUT2D eigenvalue weighted by Crippen LogP contribution is -2.04. The third-order valence-corrected chi connectivity index (χ3v) is 4.22. The predicted molar refractivity (Wildman–Crippen MR) is 71.4 cm³/mol. The summed E-state index contributed by atoms with van der Waals surface area (Å²) in [5.41, 5.74) is 2.39. The molecule has 3 rings (SSSR count). The van der Waals surface area contributed by atoms with E-state index in [2.05, 4.69) is 22.3 Å². The highest BCUT2D eigenvalue weighted by Gasteiger charge is 2.17. The van der Waals surface area contributed by atoms with Gasteiger partial charge in [-0.05, 0) is 17.2 Å². The van der Waals surface area contributed by atoms with E-state index in [0.29, 0.717) is 10.9 Å². The van der Waals surface area contributed by atoms with Crippen LogP contribution < -0.4 is 0 Å². The van der Waals surface area contributed by atoms with Crippen molar-refractivity contribution < 1.29 is 4.21 Å². The van der Waals surface area contributed by atoms with Gasteiger partial charge in [0.1, 0.15) is 5.82 Å². The molecule has 5 heteroatoms. The maximum absolute atomic E-state index is 11.9. The molecule has 0 saturated carbocycles. The summed E-state index contributed by atoms with van der Waals surface area (Å²) in [6.07, 6.45) is 4.65. The Balaban J connectivity index is 2.11. The van der Waals surface area contributed by atoms with Gasteiger partial charge in [0, 0.05) is 18.4 Å². The molecule has 1 atom stereocenters. The van der Waals surface area contributed by atoms with Crippen LogP contribution in [-0.2, 0) is 17.2 Å². The predicted octanol–water partition coefficient (Wildman–Crippen LogP) is 1.94. The maximum Gasteiger partial charge on any atom is 0.225 e. The standard InChI is InChI=1S/C13H13N3OS/c1-2-18(17)13-15-14-12-9-11-6-4-3-5-10(11)7-8-16(12)13/h3-8H,2,9H2,1H3. The highest BCUT2D eigenvalue weighted by molar-refractivity contribution is 7.84. The van der Waals surface area contributed by atoms with Crippen LogP contribution in [0.25, 0.3) is 12.3 Å². The maximum atomic E-state index is 11.9. The summed E-state index contributed by atoms with van der Waals surface area (Å²) >= 11 is 0. The summed E-state index contributed by atoms with van der Waals surface area (Å²) in [5.74, 6) is 1.40. The van der Waals surface area contributed by atoms with E-state index in [1.807, 2.05) is 35.9 Å². The molecular weight excluding hydrogens is 246 g/mol. The molecule has 1 aromatic heterocycles. The van der Waals surface area contributed by atoms with E-state index in [9.17, 15) is 4.21 Å². The Labute approximate surface area is 108 Å². The van der Waals surface area contributed by atoms with E-state index in [1.165, 1.54) is 11.1 Å². The smallest absolute Gasteiger partial charge is 0.225 e.